The summed E-state index contributed by atoms with van der Waals surface area (Å²) in [5.41, 5.74) is 3.07. The zero-order chi connectivity index (χ0) is 24.5. The molecule has 0 saturated carbocycles. The minimum absolute atomic E-state index is 0.00471. The smallest absolute Gasteiger partial charge is 0.261 e. The van der Waals surface area contributed by atoms with E-state index in [-0.39, 0.29) is 21.6 Å². The first kappa shape index (κ1) is 24.2. The third kappa shape index (κ3) is 5.08. The first-order valence-electron chi connectivity index (χ1n) is 10.9. The molecular weight excluding hydrogens is 468 g/mol. The number of anilines is 2. The fourth-order valence-electron chi connectivity index (χ4n) is 3.80. The van der Waals surface area contributed by atoms with Gasteiger partial charge in [0, 0.05) is 11.4 Å². The number of sulfonamides is 1. The number of carbonyl (C=O) groups excluding carboxylic acids is 1. The average molecular weight is 497 g/mol. The molecule has 3 aromatic rings. The topological polar surface area (TPSA) is 75.7 Å². The number of carbonyl (C=O) groups is 1. The molecule has 6 nitrogen and oxygen atoms in total. The quantitative estimate of drug-likeness (QED) is 0.483. The largest absolute Gasteiger partial charge is 0.497 e. The van der Waals surface area contributed by atoms with Crippen molar-refractivity contribution in [3.8, 4) is 5.75 Å². The van der Waals surface area contributed by atoms with E-state index in [9.17, 15) is 13.2 Å². The van der Waals surface area contributed by atoms with Crippen LogP contribution in [0.3, 0.4) is 0 Å². The molecule has 1 heterocycles. The lowest BCUT2D eigenvalue weighted by Crippen LogP contribution is -2.27. The zero-order valence-corrected chi connectivity index (χ0v) is 21.2. The molecule has 4 rings (SSSR count). The molecule has 0 aliphatic carbocycles. The van der Waals surface area contributed by atoms with Crippen molar-refractivity contribution in [2.75, 3.05) is 22.5 Å². The first-order valence-corrected chi connectivity index (χ1v) is 13.4. The minimum atomic E-state index is -3.75. The van der Waals surface area contributed by atoms with Crippen LogP contribution in [-0.2, 0) is 20.2 Å². The Morgan fingerprint density at radius 2 is 1.68 bits per heavy atom. The maximum absolute atomic E-state index is 13.0. The molecule has 8 heteroatoms. The van der Waals surface area contributed by atoms with Crippen LogP contribution in [0.1, 0.15) is 37.3 Å². The number of nitrogens with one attached hydrogen (secondary N) is 1. The van der Waals surface area contributed by atoms with E-state index in [1.807, 2.05) is 42.5 Å². The number of benzene rings is 3. The third-order valence-corrected chi connectivity index (χ3v) is 8.28. The summed E-state index contributed by atoms with van der Waals surface area (Å²) in [5, 5.41) is -0.253. The summed E-state index contributed by atoms with van der Waals surface area (Å²) in [4.78, 5) is 14.6. The molecule has 1 aliphatic rings. The van der Waals surface area contributed by atoms with Crippen molar-refractivity contribution in [2.24, 2.45) is 0 Å². The Morgan fingerprint density at radius 1 is 1.00 bits per heavy atom. The second-order valence-electron chi connectivity index (χ2n) is 9.13. The van der Waals surface area contributed by atoms with Crippen molar-refractivity contribution < 1.29 is 17.9 Å². The number of methoxy groups -OCH3 is 1. The molecule has 34 heavy (non-hydrogen) atoms. The molecule has 0 bridgehead atoms. The molecule has 178 valence electrons. The van der Waals surface area contributed by atoms with Crippen LogP contribution in [0.5, 0.6) is 5.75 Å². The number of amides is 1. The zero-order valence-electron chi connectivity index (χ0n) is 19.6. The van der Waals surface area contributed by atoms with Gasteiger partial charge in [0.2, 0.25) is 5.91 Å². The highest BCUT2D eigenvalue weighted by Crippen LogP contribution is 2.42. The van der Waals surface area contributed by atoms with Crippen LogP contribution in [0.2, 0.25) is 0 Å². The molecule has 1 aliphatic heterocycles. The molecule has 1 unspecified atom stereocenters. The lowest BCUT2D eigenvalue weighted by molar-refractivity contribution is -0.115. The van der Waals surface area contributed by atoms with Crippen molar-refractivity contribution in [1.82, 2.24) is 0 Å². The van der Waals surface area contributed by atoms with Gasteiger partial charge >= 0.3 is 0 Å². The molecule has 0 radical (unpaired) electrons. The van der Waals surface area contributed by atoms with Gasteiger partial charge in [-0.15, -0.1) is 11.8 Å². The molecule has 1 amide bonds. The van der Waals surface area contributed by atoms with E-state index in [1.165, 1.54) is 11.8 Å². The van der Waals surface area contributed by atoms with Gasteiger partial charge in [0.15, 0.2) is 0 Å². The van der Waals surface area contributed by atoms with Gasteiger partial charge in [-0.25, -0.2) is 8.42 Å². The maximum atomic E-state index is 13.0. The first-order chi connectivity index (χ1) is 16.1. The highest BCUT2D eigenvalue weighted by molar-refractivity contribution is 8.00. The fraction of sp³-hybridized carbons (Fsp3) is 0.269. The second kappa shape index (κ2) is 9.35. The molecule has 0 aromatic heterocycles. The number of hydrogen-bond donors (Lipinski definition) is 1. The number of nitrogens with zero attached hydrogens (tertiary/aromatic N) is 1. The van der Waals surface area contributed by atoms with Gasteiger partial charge in [-0.1, -0.05) is 45.0 Å². The maximum Gasteiger partial charge on any atom is 0.261 e. The predicted octanol–water partition coefficient (Wildman–Crippen LogP) is 5.57. The molecule has 1 fully saturated rings. The minimum Gasteiger partial charge on any atom is -0.497 e. The number of rotatable bonds is 6. The predicted molar refractivity (Wildman–Crippen MR) is 138 cm³/mol. The molecule has 3 aromatic carbocycles. The lowest BCUT2D eigenvalue weighted by Gasteiger charge is -2.25. The second-order valence-corrected chi connectivity index (χ2v) is 11.9. The Bertz CT molecular complexity index is 1280. The highest BCUT2D eigenvalue weighted by atomic mass is 32.2. The van der Waals surface area contributed by atoms with Gasteiger partial charge < -0.3 is 4.74 Å². The Labute approximate surface area is 205 Å². The van der Waals surface area contributed by atoms with Crippen LogP contribution in [0.4, 0.5) is 11.4 Å². The summed E-state index contributed by atoms with van der Waals surface area (Å²) >= 11 is 1.51. The van der Waals surface area contributed by atoms with Crippen molar-refractivity contribution in [1.29, 1.82) is 0 Å². The van der Waals surface area contributed by atoms with E-state index >= 15 is 0 Å². The molecule has 0 spiro atoms. The van der Waals surface area contributed by atoms with Crippen molar-refractivity contribution in [3.63, 3.8) is 0 Å². The molecular formula is C26H28N2O4S2. The van der Waals surface area contributed by atoms with E-state index in [1.54, 1.807) is 42.3 Å². The van der Waals surface area contributed by atoms with E-state index < -0.39 is 10.0 Å². The Balaban J connectivity index is 1.58. The summed E-state index contributed by atoms with van der Waals surface area (Å²) in [6.07, 6.45) is 0. The molecule has 1 atom stereocenters. The summed E-state index contributed by atoms with van der Waals surface area (Å²) in [5.74, 6) is 1.07. The standard InChI is InChI=1S/C26H28N2O4S2/c1-26(2,3)19-8-14-23(15-9-19)34(30,31)27-20-7-5-6-18(16-20)25-28(24(29)17-33-25)21-10-12-22(32-4)13-11-21/h5-16,25,27H,17H2,1-4H3. The number of thioether (sulfide) groups is 1. The molecule has 1 N–H and O–H groups in total. The normalized spacial score (nSPS) is 16.5. The third-order valence-electron chi connectivity index (χ3n) is 5.67. The number of hydrogen-bond acceptors (Lipinski definition) is 5. The van der Waals surface area contributed by atoms with Gasteiger partial charge in [0.1, 0.15) is 11.1 Å². The van der Waals surface area contributed by atoms with Crippen LogP contribution in [0.15, 0.2) is 77.7 Å². The van der Waals surface area contributed by atoms with Crippen LogP contribution >= 0.6 is 11.8 Å². The SMILES string of the molecule is COc1ccc(N2C(=O)CSC2c2cccc(NS(=O)(=O)c3ccc(C(C)(C)C)cc3)c2)cc1. The summed E-state index contributed by atoms with van der Waals surface area (Å²) in [6, 6.07) is 21.5. The number of ether oxygens (including phenoxy) is 1. The lowest BCUT2D eigenvalue weighted by atomic mass is 9.87. The van der Waals surface area contributed by atoms with Crippen LogP contribution in [0, 0.1) is 0 Å². The summed E-state index contributed by atoms with van der Waals surface area (Å²) in [7, 11) is -2.15. The van der Waals surface area contributed by atoms with Crippen molar-refractivity contribution in [3.05, 3.63) is 83.9 Å². The van der Waals surface area contributed by atoms with Gasteiger partial charge in [0.25, 0.3) is 10.0 Å². The fourth-order valence-corrected chi connectivity index (χ4v) is 6.01. The van der Waals surface area contributed by atoms with E-state index in [0.29, 0.717) is 17.2 Å². The Kier molecular flexibility index (Phi) is 6.64. The van der Waals surface area contributed by atoms with Crippen molar-refractivity contribution >= 4 is 39.1 Å². The van der Waals surface area contributed by atoms with Gasteiger partial charge in [0.05, 0.1) is 17.8 Å². The van der Waals surface area contributed by atoms with E-state index in [4.69, 9.17) is 4.74 Å². The van der Waals surface area contributed by atoms with Crippen molar-refractivity contribution in [2.45, 2.75) is 36.5 Å². The average Bonchev–Trinajstić information content (AvgIpc) is 3.20. The summed E-state index contributed by atoms with van der Waals surface area (Å²) in [6.45, 7) is 6.25. The van der Waals surface area contributed by atoms with Crippen LogP contribution in [-0.4, -0.2) is 27.2 Å². The summed E-state index contributed by atoms with van der Waals surface area (Å²) < 4.78 is 33.9. The van der Waals surface area contributed by atoms with Gasteiger partial charge in [-0.05, 0) is 65.1 Å². The van der Waals surface area contributed by atoms with Gasteiger partial charge in [-0.3, -0.25) is 14.4 Å². The van der Waals surface area contributed by atoms with E-state index in [2.05, 4.69) is 25.5 Å². The monoisotopic (exact) mass is 496 g/mol. The molecule has 1 saturated heterocycles. The highest BCUT2D eigenvalue weighted by Gasteiger charge is 2.34. The Hall–Kier alpha value is -2.97. The van der Waals surface area contributed by atoms with Crippen LogP contribution < -0.4 is 14.4 Å². The van der Waals surface area contributed by atoms with Gasteiger partial charge in [-0.2, -0.15) is 0 Å². The Morgan fingerprint density at radius 3 is 2.29 bits per heavy atom. The van der Waals surface area contributed by atoms with E-state index in [0.717, 1.165) is 16.8 Å². The van der Waals surface area contributed by atoms with Crippen LogP contribution in [0.25, 0.3) is 0 Å².